The number of benzene rings is 1. The molecule has 1 aromatic carbocycles. The second-order valence-corrected chi connectivity index (χ2v) is 4.81. The second kappa shape index (κ2) is 8.66. The molecule has 0 saturated heterocycles. The summed E-state index contributed by atoms with van der Waals surface area (Å²) in [5.41, 5.74) is 6.92. The molecule has 0 fully saturated rings. The van der Waals surface area contributed by atoms with Crippen molar-refractivity contribution in [2.75, 3.05) is 12.8 Å². The van der Waals surface area contributed by atoms with Crippen LogP contribution < -0.4 is 11.1 Å². The normalized spacial score (nSPS) is 11.5. The van der Waals surface area contributed by atoms with Gasteiger partial charge >= 0.3 is 11.9 Å². The van der Waals surface area contributed by atoms with E-state index >= 15 is 0 Å². The molecule has 0 saturated carbocycles. The molecule has 1 unspecified atom stereocenters. The molecule has 120 valence electrons. The minimum Gasteiger partial charge on any atom is -0.481 e. The van der Waals surface area contributed by atoms with E-state index in [-0.39, 0.29) is 31.6 Å². The quantitative estimate of drug-likeness (QED) is 0.491. The maximum Gasteiger partial charge on any atom is 0.307 e. The van der Waals surface area contributed by atoms with Crippen molar-refractivity contribution in [3.05, 3.63) is 29.8 Å². The molecule has 7 nitrogen and oxygen atoms in total. The topological polar surface area (TPSA) is 119 Å². The molecule has 4 N–H and O–H groups in total. The highest BCUT2D eigenvalue weighted by Gasteiger charge is 2.19. The van der Waals surface area contributed by atoms with Crippen LogP contribution in [0.3, 0.4) is 0 Å². The summed E-state index contributed by atoms with van der Waals surface area (Å²) < 4.78 is 4.63. The molecular weight excluding hydrogens is 288 g/mol. The van der Waals surface area contributed by atoms with Gasteiger partial charge in [0.1, 0.15) is 0 Å². The number of carbonyl (C=O) groups excluding carboxylic acids is 2. The van der Waals surface area contributed by atoms with Gasteiger partial charge in [-0.15, -0.1) is 0 Å². The number of nitrogens with two attached hydrogens (primary N) is 1. The number of esters is 1. The van der Waals surface area contributed by atoms with E-state index in [1.165, 1.54) is 7.11 Å². The van der Waals surface area contributed by atoms with Crippen molar-refractivity contribution in [1.29, 1.82) is 0 Å². The zero-order chi connectivity index (χ0) is 16.5. The lowest BCUT2D eigenvalue weighted by Crippen LogP contribution is -2.30. The van der Waals surface area contributed by atoms with E-state index < -0.39 is 18.0 Å². The number of nitrogen functional groups attached to an aromatic ring is 1. The largest absolute Gasteiger partial charge is 0.481 e. The first-order valence-electron chi connectivity index (χ1n) is 6.85. The number of carboxylic acids is 1. The summed E-state index contributed by atoms with van der Waals surface area (Å²) in [4.78, 5) is 33.8. The van der Waals surface area contributed by atoms with Gasteiger partial charge in [0.05, 0.1) is 19.6 Å². The third kappa shape index (κ3) is 6.25. The highest BCUT2D eigenvalue weighted by Crippen LogP contribution is 2.19. The van der Waals surface area contributed by atoms with Crippen LogP contribution in [0, 0.1) is 0 Å². The fraction of sp³-hybridized carbons (Fsp3) is 0.400. The van der Waals surface area contributed by atoms with Gasteiger partial charge in [-0.05, 0) is 24.1 Å². The van der Waals surface area contributed by atoms with Crippen LogP contribution in [0.2, 0.25) is 0 Å². The second-order valence-electron chi connectivity index (χ2n) is 4.81. The summed E-state index contributed by atoms with van der Waals surface area (Å²) in [6.45, 7) is 0. The van der Waals surface area contributed by atoms with E-state index in [1.54, 1.807) is 24.3 Å². The maximum atomic E-state index is 11.9. The smallest absolute Gasteiger partial charge is 0.307 e. The molecule has 0 heterocycles. The van der Waals surface area contributed by atoms with Crippen LogP contribution in [0.25, 0.3) is 0 Å². The van der Waals surface area contributed by atoms with Crippen LogP contribution in [0.5, 0.6) is 0 Å². The van der Waals surface area contributed by atoms with Crippen LogP contribution in [0.1, 0.15) is 37.3 Å². The van der Waals surface area contributed by atoms with Crippen molar-refractivity contribution < 1.29 is 24.2 Å². The van der Waals surface area contributed by atoms with Crippen LogP contribution in [-0.4, -0.2) is 30.1 Å². The molecule has 0 aliphatic rings. The predicted octanol–water partition coefficient (Wildman–Crippen LogP) is 1.24. The van der Waals surface area contributed by atoms with Gasteiger partial charge in [0.25, 0.3) is 0 Å². The van der Waals surface area contributed by atoms with Crippen molar-refractivity contribution in [3.8, 4) is 0 Å². The number of carboxylic acid groups (broad SMARTS) is 1. The summed E-state index contributed by atoms with van der Waals surface area (Å²) in [5, 5.41) is 11.3. The third-order valence-corrected chi connectivity index (χ3v) is 3.07. The Morgan fingerprint density at radius 1 is 1.23 bits per heavy atom. The number of amides is 1. The van der Waals surface area contributed by atoms with Crippen LogP contribution in [0.4, 0.5) is 5.69 Å². The Hall–Kier alpha value is -2.57. The number of methoxy groups -OCH3 is 1. The molecule has 0 bridgehead atoms. The lowest BCUT2D eigenvalue weighted by Gasteiger charge is -2.18. The van der Waals surface area contributed by atoms with E-state index in [0.717, 1.165) is 5.56 Å². The van der Waals surface area contributed by atoms with Crippen LogP contribution >= 0.6 is 0 Å². The Labute approximate surface area is 128 Å². The van der Waals surface area contributed by atoms with Gasteiger partial charge in [-0.3, -0.25) is 14.4 Å². The van der Waals surface area contributed by atoms with E-state index in [2.05, 4.69) is 10.1 Å². The van der Waals surface area contributed by atoms with E-state index in [4.69, 9.17) is 10.8 Å². The molecular formula is C15H20N2O5. The first kappa shape index (κ1) is 17.5. The molecule has 0 radical (unpaired) electrons. The van der Waals surface area contributed by atoms with E-state index in [9.17, 15) is 14.4 Å². The highest BCUT2D eigenvalue weighted by atomic mass is 16.5. The zero-order valence-corrected chi connectivity index (χ0v) is 12.4. The van der Waals surface area contributed by atoms with Crippen molar-refractivity contribution in [2.24, 2.45) is 0 Å². The highest BCUT2D eigenvalue weighted by molar-refractivity contribution is 5.78. The van der Waals surface area contributed by atoms with Gasteiger partial charge in [0.2, 0.25) is 5.91 Å². The monoisotopic (exact) mass is 308 g/mol. The summed E-state index contributed by atoms with van der Waals surface area (Å²) in [6.07, 6.45) is 0.245. The van der Waals surface area contributed by atoms with Gasteiger partial charge in [-0.1, -0.05) is 12.1 Å². The molecule has 0 aliphatic heterocycles. The fourth-order valence-corrected chi connectivity index (χ4v) is 1.90. The first-order valence-corrected chi connectivity index (χ1v) is 6.85. The standard InChI is InChI=1S/C15H20N2O5/c1-22-15(21)9-12(10-5-7-11(16)8-6-10)17-13(18)3-2-4-14(19)20/h5-8,12H,2-4,9,16H2,1H3,(H,17,18)(H,19,20). The van der Waals surface area contributed by atoms with Gasteiger partial charge in [-0.2, -0.15) is 0 Å². The van der Waals surface area contributed by atoms with Gasteiger partial charge in [0, 0.05) is 18.5 Å². The Balaban J connectivity index is 2.69. The Bertz CT molecular complexity index is 527. The minimum atomic E-state index is -0.947. The van der Waals surface area contributed by atoms with Gasteiger partial charge in [0.15, 0.2) is 0 Å². The van der Waals surface area contributed by atoms with E-state index in [1.807, 2.05) is 0 Å². The predicted molar refractivity (Wildman–Crippen MR) is 79.9 cm³/mol. The van der Waals surface area contributed by atoms with Crippen molar-refractivity contribution >= 4 is 23.5 Å². The Kier molecular flexibility index (Phi) is 6.88. The molecule has 1 atom stereocenters. The van der Waals surface area contributed by atoms with Crippen molar-refractivity contribution in [2.45, 2.75) is 31.7 Å². The van der Waals surface area contributed by atoms with Crippen LogP contribution in [0.15, 0.2) is 24.3 Å². The van der Waals surface area contributed by atoms with E-state index in [0.29, 0.717) is 5.69 Å². The number of nitrogens with one attached hydrogen (secondary N) is 1. The number of anilines is 1. The average Bonchev–Trinajstić information content (AvgIpc) is 2.46. The molecule has 0 aliphatic carbocycles. The van der Waals surface area contributed by atoms with Crippen molar-refractivity contribution in [3.63, 3.8) is 0 Å². The number of ether oxygens (including phenoxy) is 1. The lowest BCUT2D eigenvalue weighted by molar-refractivity contribution is -0.141. The Morgan fingerprint density at radius 3 is 2.41 bits per heavy atom. The number of aliphatic carboxylic acids is 1. The molecule has 1 rings (SSSR count). The molecule has 7 heteroatoms. The summed E-state index contributed by atoms with van der Waals surface area (Å²) in [5.74, 6) is -1.71. The number of rotatable bonds is 8. The maximum absolute atomic E-state index is 11.9. The number of carbonyl (C=O) groups is 3. The molecule has 22 heavy (non-hydrogen) atoms. The average molecular weight is 308 g/mol. The molecule has 0 spiro atoms. The zero-order valence-electron chi connectivity index (χ0n) is 12.4. The molecule has 0 aromatic heterocycles. The lowest BCUT2D eigenvalue weighted by atomic mass is 10.0. The third-order valence-electron chi connectivity index (χ3n) is 3.07. The van der Waals surface area contributed by atoms with Gasteiger partial charge < -0.3 is 20.9 Å². The van der Waals surface area contributed by atoms with Crippen LogP contribution in [-0.2, 0) is 19.1 Å². The molecule has 1 amide bonds. The van der Waals surface area contributed by atoms with Crippen molar-refractivity contribution in [1.82, 2.24) is 5.32 Å². The Morgan fingerprint density at radius 2 is 1.86 bits per heavy atom. The summed E-state index contributed by atoms with van der Waals surface area (Å²) >= 11 is 0. The fourth-order valence-electron chi connectivity index (χ4n) is 1.90. The summed E-state index contributed by atoms with van der Waals surface area (Å²) in [6, 6.07) is 6.26. The minimum absolute atomic E-state index is 0.00884. The summed E-state index contributed by atoms with van der Waals surface area (Å²) in [7, 11) is 1.27. The molecule has 1 aromatic rings. The van der Waals surface area contributed by atoms with Gasteiger partial charge in [-0.25, -0.2) is 0 Å². The SMILES string of the molecule is COC(=O)CC(NC(=O)CCCC(=O)O)c1ccc(N)cc1. The first-order chi connectivity index (χ1) is 10.4. The number of hydrogen-bond acceptors (Lipinski definition) is 5. The number of hydrogen-bond donors (Lipinski definition) is 3.